The highest BCUT2D eigenvalue weighted by molar-refractivity contribution is 5.93. The quantitative estimate of drug-likeness (QED) is 0.275. The molecule has 8 heteroatoms. The van der Waals surface area contributed by atoms with Crippen LogP contribution in [0.25, 0.3) is 10.9 Å². The van der Waals surface area contributed by atoms with Crippen LogP contribution in [0.2, 0.25) is 0 Å². The van der Waals surface area contributed by atoms with Gasteiger partial charge in [0.1, 0.15) is 5.82 Å². The average molecular weight is 531 g/mol. The third-order valence-electron chi connectivity index (χ3n) is 6.46. The first kappa shape index (κ1) is 28.0. The lowest BCUT2D eigenvalue weighted by Gasteiger charge is -2.29. The van der Waals surface area contributed by atoms with Gasteiger partial charge >= 0.3 is 6.01 Å². The molecule has 1 saturated heterocycles. The van der Waals surface area contributed by atoms with Gasteiger partial charge in [-0.25, -0.2) is 0 Å². The second-order valence-electron chi connectivity index (χ2n) is 8.89. The predicted octanol–water partition coefficient (Wildman–Crippen LogP) is 6.18. The maximum Gasteiger partial charge on any atom is 0.318 e. The highest BCUT2D eigenvalue weighted by Crippen LogP contribution is 2.31. The average Bonchev–Trinajstić information content (AvgIpc) is 2.99. The molecule has 4 aromatic rings. The number of hydrogen-bond donors (Lipinski definition) is 1. The molecule has 0 bridgehead atoms. The van der Waals surface area contributed by atoms with Gasteiger partial charge in [-0.1, -0.05) is 38.1 Å². The van der Waals surface area contributed by atoms with E-state index in [0.29, 0.717) is 43.8 Å². The van der Waals surface area contributed by atoms with Crippen LogP contribution in [0.4, 0.5) is 17.2 Å². The number of para-hydroxylation sites is 1. The van der Waals surface area contributed by atoms with Crippen LogP contribution in [-0.4, -0.2) is 57.1 Å². The molecule has 206 valence electrons. The van der Waals surface area contributed by atoms with Gasteiger partial charge in [0.25, 0.3) is 0 Å². The molecule has 0 aliphatic carbocycles. The summed E-state index contributed by atoms with van der Waals surface area (Å²) in [5.41, 5.74) is 5.17. The number of aromatic nitrogens is 2. The summed E-state index contributed by atoms with van der Waals surface area (Å²) < 4.78 is 22.4. The third kappa shape index (κ3) is 6.89. The predicted molar refractivity (Wildman–Crippen MR) is 157 cm³/mol. The number of anilines is 3. The summed E-state index contributed by atoms with van der Waals surface area (Å²) in [6.07, 6.45) is 0.688. The molecule has 3 aromatic carbocycles. The second kappa shape index (κ2) is 13.7. The first-order valence-electron chi connectivity index (χ1n) is 13.5. The fourth-order valence-electron chi connectivity index (χ4n) is 4.41. The van der Waals surface area contributed by atoms with Crippen LogP contribution >= 0.6 is 0 Å². The van der Waals surface area contributed by atoms with Crippen LogP contribution in [0.5, 0.6) is 17.5 Å². The van der Waals surface area contributed by atoms with E-state index in [1.807, 2.05) is 56.3 Å². The lowest BCUT2D eigenvalue weighted by atomic mass is 10.1. The Morgan fingerprint density at radius 2 is 1.67 bits per heavy atom. The number of ether oxygens (including phenoxy) is 4. The normalized spacial score (nSPS) is 12.9. The SMILES string of the molecule is CC.COc1ccc(CCOc2nc(N3CCOCC3)c3cc(Nc4ccccc4C)ccc3n2)cc1OC. The molecule has 0 amide bonds. The van der Waals surface area contributed by atoms with Gasteiger partial charge in [-0.15, -0.1) is 0 Å². The summed E-state index contributed by atoms with van der Waals surface area (Å²) in [6, 6.07) is 20.7. The molecule has 0 unspecified atom stereocenters. The molecular formula is C31H38N4O4. The van der Waals surface area contributed by atoms with E-state index in [1.54, 1.807) is 14.2 Å². The minimum absolute atomic E-state index is 0.370. The van der Waals surface area contributed by atoms with E-state index in [-0.39, 0.29) is 0 Å². The molecule has 2 heterocycles. The van der Waals surface area contributed by atoms with Crippen LogP contribution in [0.15, 0.2) is 60.7 Å². The van der Waals surface area contributed by atoms with E-state index in [9.17, 15) is 0 Å². The van der Waals surface area contributed by atoms with Crippen LogP contribution in [0.1, 0.15) is 25.0 Å². The van der Waals surface area contributed by atoms with Crippen molar-refractivity contribution in [3.63, 3.8) is 0 Å². The number of nitrogens with one attached hydrogen (secondary N) is 1. The number of rotatable bonds is 9. The van der Waals surface area contributed by atoms with Crippen molar-refractivity contribution in [3.05, 3.63) is 71.8 Å². The minimum Gasteiger partial charge on any atom is -0.493 e. The molecule has 0 atom stereocenters. The Kier molecular flexibility index (Phi) is 9.80. The first-order valence-corrected chi connectivity index (χ1v) is 13.5. The zero-order chi connectivity index (χ0) is 27.6. The Labute approximate surface area is 230 Å². The Hall–Kier alpha value is -4.04. The summed E-state index contributed by atoms with van der Waals surface area (Å²) >= 11 is 0. The van der Waals surface area contributed by atoms with Crippen molar-refractivity contribution in [2.24, 2.45) is 0 Å². The Morgan fingerprint density at radius 1 is 0.897 bits per heavy atom. The third-order valence-corrected chi connectivity index (χ3v) is 6.46. The molecule has 1 fully saturated rings. The van der Waals surface area contributed by atoms with Gasteiger partial charge in [0.05, 0.1) is 39.6 Å². The number of morpholine rings is 1. The van der Waals surface area contributed by atoms with Gasteiger partial charge in [-0.2, -0.15) is 9.97 Å². The molecule has 5 rings (SSSR count). The topological polar surface area (TPSA) is 78.0 Å². The van der Waals surface area contributed by atoms with E-state index in [2.05, 4.69) is 35.3 Å². The van der Waals surface area contributed by atoms with Crippen molar-refractivity contribution in [2.45, 2.75) is 27.2 Å². The van der Waals surface area contributed by atoms with E-state index >= 15 is 0 Å². The summed E-state index contributed by atoms with van der Waals surface area (Å²) in [7, 11) is 3.27. The van der Waals surface area contributed by atoms with E-state index in [1.165, 1.54) is 5.56 Å². The highest BCUT2D eigenvalue weighted by atomic mass is 16.5. The molecule has 1 aliphatic rings. The van der Waals surface area contributed by atoms with Gasteiger partial charge in [0.15, 0.2) is 11.5 Å². The maximum atomic E-state index is 6.05. The van der Waals surface area contributed by atoms with Crippen molar-refractivity contribution in [3.8, 4) is 17.5 Å². The Bertz CT molecular complexity index is 1370. The highest BCUT2D eigenvalue weighted by Gasteiger charge is 2.19. The van der Waals surface area contributed by atoms with Crippen molar-refractivity contribution >= 4 is 28.1 Å². The molecular weight excluding hydrogens is 492 g/mol. The van der Waals surface area contributed by atoms with Gasteiger partial charge in [0.2, 0.25) is 0 Å². The standard InChI is InChI=1S/C29H32N4O4.C2H6/c1-20-6-4-5-7-24(20)30-22-9-10-25-23(19-22)28(33-13-16-36-17-14-33)32-29(31-25)37-15-12-21-8-11-26(34-2)27(18-21)35-3;1-2/h4-11,18-19,30H,12-17H2,1-3H3;1-2H3. The number of hydrogen-bond acceptors (Lipinski definition) is 8. The molecule has 1 aromatic heterocycles. The van der Waals surface area contributed by atoms with Crippen molar-refractivity contribution < 1.29 is 18.9 Å². The molecule has 0 spiro atoms. The second-order valence-corrected chi connectivity index (χ2v) is 8.89. The fourth-order valence-corrected chi connectivity index (χ4v) is 4.41. The van der Waals surface area contributed by atoms with E-state index < -0.39 is 0 Å². The lowest BCUT2D eigenvalue weighted by molar-refractivity contribution is 0.122. The maximum absolute atomic E-state index is 6.05. The van der Waals surface area contributed by atoms with Crippen LogP contribution < -0.4 is 24.4 Å². The Morgan fingerprint density at radius 3 is 2.41 bits per heavy atom. The summed E-state index contributed by atoms with van der Waals surface area (Å²) in [4.78, 5) is 11.8. The molecule has 0 radical (unpaired) electrons. The minimum atomic E-state index is 0.370. The van der Waals surface area contributed by atoms with Crippen molar-refractivity contribution in [1.29, 1.82) is 0 Å². The number of fused-ring (bicyclic) bond motifs is 1. The Balaban J connectivity index is 0.00000172. The molecule has 1 aliphatic heterocycles. The van der Waals surface area contributed by atoms with Crippen LogP contribution in [0.3, 0.4) is 0 Å². The summed E-state index contributed by atoms with van der Waals surface area (Å²) in [5.74, 6) is 2.27. The number of benzene rings is 3. The van der Waals surface area contributed by atoms with Gasteiger partial charge in [-0.05, 0) is 54.4 Å². The van der Waals surface area contributed by atoms with Gasteiger partial charge < -0.3 is 29.2 Å². The lowest BCUT2D eigenvalue weighted by Crippen LogP contribution is -2.37. The zero-order valence-corrected chi connectivity index (χ0v) is 23.5. The van der Waals surface area contributed by atoms with Gasteiger partial charge in [-0.3, -0.25) is 0 Å². The van der Waals surface area contributed by atoms with E-state index in [0.717, 1.165) is 46.7 Å². The fraction of sp³-hybridized carbons (Fsp3) is 0.355. The number of methoxy groups -OCH3 is 2. The molecule has 0 saturated carbocycles. The smallest absolute Gasteiger partial charge is 0.318 e. The summed E-state index contributed by atoms with van der Waals surface area (Å²) in [6.45, 7) is 9.41. The van der Waals surface area contributed by atoms with Gasteiger partial charge in [0, 0.05) is 36.3 Å². The molecule has 1 N–H and O–H groups in total. The number of nitrogens with zero attached hydrogens (tertiary/aromatic N) is 3. The van der Waals surface area contributed by atoms with Crippen molar-refractivity contribution in [1.82, 2.24) is 9.97 Å². The summed E-state index contributed by atoms with van der Waals surface area (Å²) in [5, 5.41) is 4.51. The van der Waals surface area contributed by atoms with Crippen molar-refractivity contribution in [2.75, 3.05) is 57.3 Å². The largest absolute Gasteiger partial charge is 0.493 e. The zero-order valence-electron chi connectivity index (χ0n) is 23.5. The monoisotopic (exact) mass is 530 g/mol. The van der Waals surface area contributed by atoms with Crippen LogP contribution in [-0.2, 0) is 11.2 Å². The van der Waals surface area contributed by atoms with Crippen LogP contribution in [0, 0.1) is 6.92 Å². The molecule has 8 nitrogen and oxygen atoms in total. The first-order chi connectivity index (χ1) is 19.1. The molecule has 39 heavy (non-hydrogen) atoms. The number of aryl methyl sites for hydroxylation is 1. The van der Waals surface area contributed by atoms with E-state index in [4.69, 9.17) is 28.9 Å².